The lowest BCUT2D eigenvalue weighted by atomic mass is 10.1. The Balaban J connectivity index is 1.77. The van der Waals surface area contributed by atoms with E-state index in [1.807, 2.05) is 32.0 Å². The van der Waals surface area contributed by atoms with Crippen LogP contribution in [0.5, 0.6) is 5.75 Å². The number of hydrogen-bond donors (Lipinski definition) is 2. The van der Waals surface area contributed by atoms with E-state index in [9.17, 15) is 13.2 Å². The summed E-state index contributed by atoms with van der Waals surface area (Å²) >= 11 is 0. The van der Waals surface area contributed by atoms with E-state index in [0.717, 1.165) is 11.1 Å². The molecule has 0 unspecified atom stereocenters. The maximum Gasteiger partial charge on any atom is 0.261 e. The van der Waals surface area contributed by atoms with Crippen molar-refractivity contribution in [3.63, 3.8) is 0 Å². The molecule has 0 aliphatic carbocycles. The summed E-state index contributed by atoms with van der Waals surface area (Å²) < 4.78 is 32.9. The average Bonchev–Trinajstić information content (AvgIpc) is 2.72. The minimum Gasteiger partial charge on any atom is -0.497 e. The van der Waals surface area contributed by atoms with Gasteiger partial charge in [0.1, 0.15) is 5.75 Å². The minimum atomic E-state index is -3.76. The molecule has 0 atom stereocenters. The zero-order valence-corrected chi connectivity index (χ0v) is 18.1. The fraction of sp³-hybridized carbons (Fsp3) is 0.174. The second-order valence-electron chi connectivity index (χ2n) is 7.06. The second kappa shape index (κ2) is 8.59. The van der Waals surface area contributed by atoms with Crippen molar-refractivity contribution in [1.29, 1.82) is 0 Å². The number of rotatable bonds is 6. The van der Waals surface area contributed by atoms with E-state index in [1.54, 1.807) is 37.3 Å². The van der Waals surface area contributed by atoms with Crippen molar-refractivity contribution >= 4 is 27.3 Å². The highest BCUT2D eigenvalue weighted by Gasteiger charge is 2.16. The smallest absolute Gasteiger partial charge is 0.261 e. The third-order valence-electron chi connectivity index (χ3n) is 4.87. The van der Waals surface area contributed by atoms with E-state index in [1.165, 1.54) is 19.2 Å². The molecule has 156 valence electrons. The molecule has 0 heterocycles. The quantitative estimate of drug-likeness (QED) is 0.602. The Kier molecular flexibility index (Phi) is 6.12. The normalized spacial score (nSPS) is 11.1. The molecule has 30 heavy (non-hydrogen) atoms. The summed E-state index contributed by atoms with van der Waals surface area (Å²) in [5, 5.41) is 2.87. The van der Waals surface area contributed by atoms with E-state index >= 15 is 0 Å². The molecule has 0 spiro atoms. The second-order valence-corrected chi connectivity index (χ2v) is 8.75. The topological polar surface area (TPSA) is 84.5 Å². The monoisotopic (exact) mass is 424 g/mol. The van der Waals surface area contributed by atoms with Gasteiger partial charge in [0.25, 0.3) is 15.9 Å². The Morgan fingerprint density at radius 1 is 0.833 bits per heavy atom. The number of nitrogens with one attached hydrogen (secondary N) is 2. The molecule has 0 aliphatic heterocycles. The maximum atomic E-state index is 12.6. The molecule has 0 aromatic heterocycles. The molecule has 0 radical (unpaired) electrons. The largest absolute Gasteiger partial charge is 0.497 e. The first-order chi connectivity index (χ1) is 14.2. The molecule has 6 nitrogen and oxygen atoms in total. The molecule has 0 bridgehead atoms. The molecule has 0 aliphatic rings. The van der Waals surface area contributed by atoms with Gasteiger partial charge in [-0.3, -0.25) is 9.52 Å². The lowest BCUT2D eigenvalue weighted by Gasteiger charge is -2.13. The molecule has 0 saturated carbocycles. The SMILES string of the molecule is COc1ccc(S(=O)(=O)Nc2ccc(C(=O)Nc3ccc(C)c(C)c3)cc2C)cc1. The summed E-state index contributed by atoms with van der Waals surface area (Å²) in [4.78, 5) is 12.7. The number of amides is 1. The van der Waals surface area contributed by atoms with Gasteiger partial charge in [0, 0.05) is 11.3 Å². The molecule has 2 N–H and O–H groups in total. The Morgan fingerprint density at radius 2 is 1.53 bits per heavy atom. The zero-order valence-electron chi connectivity index (χ0n) is 17.3. The number of ether oxygens (including phenoxy) is 1. The lowest BCUT2D eigenvalue weighted by molar-refractivity contribution is 0.102. The van der Waals surface area contributed by atoms with Crippen LogP contribution in [0, 0.1) is 20.8 Å². The standard InChI is InChI=1S/C23H24N2O4S/c1-15-5-7-19(14-16(15)2)24-23(26)18-6-12-22(17(3)13-18)25-30(27,28)21-10-8-20(29-4)9-11-21/h5-14,25H,1-4H3,(H,24,26). The Morgan fingerprint density at radius 3 is 2.13 bits per heavy atom. The average molecular weight is 425 g/mol. The Hall–Kier alpha value is -3.32. The van der Waals surface area contributed by atoms with Crippen molar-refractivity contribution in [2.24, 2.45) is 0 Å². The van der Waals surface area contributed by atoms with Crippen LogP contribution in [0.2, 0.25) is 0 Å². The summed E-state index contributed by atoms with van der Waals surface area (Å²) in [5.41, 5.74) is 4.45. The first-order valence-electron chi connectivity index (χ1n) is 9.36. The van der Waals surface area contributed by atoms with Crippen LogP contribution in [0.25, 0.3) is 0 Å². The highest BCUT2D eigenvalue weighted by molar-refractivity contribution is 7.92. The van der Waals surface area contributed by atoms with Crippen molar-refractivity contribution in [3.8, 4) is 5.75 Å². The van der Waals surface area contributed by atoms with E-state index in [-0.39, 0.29) is 10.8 Å². The van der Waals surface area contributed by atoms with E-state index in [0.29, 0.717) is 28.3 Å². The van der Waals surface area contributed by atoms with Gasteiger partial charge in [0.15, 0.2) is 0 Å². The van der Waals surface area contributed by atoms with Gasteiger partial charge in [-0.05, 0) is 92.1 Å². The van der Waals surface area contributed by atoms with Crippen LogP contribution in [0.1, 0.15) is 27.0 Å². The van der Waals surface area contributed by atoms with Gasteiger partial charge >= 0.3 is 0 Å². The number of methoxy groups -OCH3 is 1. The van der Waals surface area contributed by atoms with Crippen molar-refractivity contribution in [2.45, 2.75) is 25.7 Å². The van der Waals surface area contributed by atoms with Crippen LogP contribution in [0.4, 0.5) is 11.4 Å². The predicted molar refractivity (Wildman–Crippen MR) is 119 cm³/mol. The molecular weight excluding hydrogens is 400 g/mol. The van der Waals surface area contributed by atoms with Gasteiger partial charge < -0.3 is 10.1 Å². The van der Waals surface area contributed by atoms with Gasteiger partial charge in [0.2, 0.25) is 0 Å². The highest BCUT2D eigenvalue weighted by atomic mass is 32.2. The molecule has 1 amide bonds. The van der Waals surface area contributed by atoms with Crippen molar-refractivity contribution in [1.82, 2.24) is 0 Å². The van der Waals surface area contributed by atoms with Crippen molar-refractivity contribution in [2.75, 3.05) is 17.1 Å². The van der Waals surface area contributed by atoms with Crippen molar-refractivity contribution in [3.05, 3.63) is 82.9 Å². The number of sulfonamides is 1. The molecule has 3 aromatic rings. The van der Waals surface area contributed by atoms with Gasteiger partial charge in [-0.2, -0.15) is 0 Å². The summed E-state index contributed by atoms with van der Waals surface area (Å²) in [5.74, 6) is 0.315. The van der Waals surface area contributed by atoms with Gasteiger partial charge in [-0.1, -0.05) is 6.07 Å². The van der Waals surface area contributed by atoms with Crippen LogP contribution in [0.3, 0.4) is 0 Å². The first kappa shape index (κ1) is 21.4. The number of aryl methyl sites for hydroxylation is 3. The molecule has 0 saturated heterocycles. The Labute approximate surface area is 177 Å². The van der Waals surface area contributed by atoms with Crippen molar-refractivity contribution < 1.29 is 17.9 Å². The van der Waals surface area contributed by atoms with Gasteiger partial charge in [-0.25, -0.2) is 8.42 Å². The summed E-state index contributed by atoms with van der Waals surface area (Å²) in [6.45, 7) is 5.74. The van der Waals surface area contributed by atoms with Crippen LogP contribution in [-0.2, 0) is 10.0 Å². The Bertz CT molecular complexity index is 1190. The lowest BCUT2D eigenvalue weighted by Crippen LogP contribution is -2.15. The number of carbonyl (C=O) groups is 1. The molecule has 0 fully saturated rings. The number of benzene rings is 3. The predicted octanol–water partition coefficient (Wildman–Crippen LogP) is 4.67. The number of carbonyl (C=O) groups excluding carboxylic acids is 1. The van der Waals surface area contributed by atoms with E-state index in [2.05, 4.69) is 10.0 Å². The fourth-order valence-corrected chi connectivity index (χ4v) is 4.03. The molecule has 7 heteroatoms. The van der Waals surface area contributed by atoms with E-state index < -0.39 is 10.0 Å². The van der Waals surface area contributed by atoms with Crippen LogP contribution in [0.15, 0.2) is 65.6 Å². The minimum absolute atomic E-state index is 0.124. The van der Waals surface area contributed by atoms with Crippen LogP contribution in [-0.4, -0.2) is 21.4 Å². The summed E-state index contributed by atoms with van der Waals surface area (Å²) in [6.07, 6.45) is 0. The first-order valence-corrected chi connectivity index (χ1v) is 10.8. The van der Waals surface area contributed by atoms with Gasteiger partial charge in [0.05, 0.1) is 17.7 Å². The number of hydrogen-bond acceptors (Lipinski definition) is 4. The fourth-order valence-electron chi connectivity index (χ4n) is 2.90. The molecular formula is C23H24N2O4S. The van der Waals surface area contributed by atoms with E-state index in [4.69, 9.17) is 4.74 Å². The van der Waals surface area contributed by atoms with Gasteiger partial charge in [-0.15, -0.1) is 0 Å². The van der Waals surface area contributed by atoms with Crippen LogP contribution < -0.4 is 14.8 Å². The number of anilines is 2. The molecule has 3 rings (SSSR count). The highest BCUT2D eigenvalue weighted by Crippen LogP contribution is 2.23. The third-order valence-corrected chi connectivity index (χ3v) is 6.25. The maximum absolute atomic E-state index is 12.6. The van der Waals surface area contributed by atoms with Crippen LogP contribution >= 0.6 is 0 Å². The summed E-state index contributed by atoms with van der Waals surface area (Å²) in [6, 6.07) is 16.7. The molecule has 3 aromatic carbocycles. The third kappa shape index (κ3) is 4.80. The zero-order chi connectivity index (χ0) is 21.9. The summed E-state index contributed by atoms with van der Waals surface area (Å²) in [7, 11) is -2.24.